The zero-order valence-electron chi connectivity index (χ0n) is 9.93. The van der Waals surface area contributed by atoms with E-state index in [9.17, 15) is 9.50 Å². The molecule has 1 aromatic rings. The van der Waals surface area contributed by atoms with Crippen LogP contribution < -0.4 is 0 Å². The molecule has 0 aliphatic carbocycles. The second-order valence-electron chi connectivity index (χ2n) is 4.59. The summed E-state index contributed by atoms with van der Waals surface area (Å²) >= 11 is 5.70. The van der Waals surface area contributed by atoms with Gasteiger partial charge in [-0.25, -0.2) is 4.39 Å². The van der Waals surface area contributed by atoms with Gasteiger partial charge in [-0.3, -0.25) is 0 Å². The Labute approximate surface area is 101 Å². The molecule has 0 fully saturated rings. The minimum absolute atomic E-state index is 0.109. The highest BCUT2D eigenvalue weighted by atomic mass is 35.5. The third-order valence-corrected chi connectivity index (χ3v) is 3.51. The van der Waals surface area contributed by atoms with Crippen LogP contribution in [0.1, 0.15) is 32.8 Å². The Morgan fingerprint density at radius 2 is 2.12 bits per heavy atom. The monoisotopic (exact) mass is 244 g/mol. The number of benzene rings is 1. The van der Waals surface area contributed by atoms with Gasteiger partial charge < -0.3 is 5.11 Å². The van der Waals surface area contributed by atoms with Crippen molar-refractivity contribution >= 4 is 11.6 Å². The summed E-state index contributed by atoms with van der Waals surface area (Å²) in [7, 11) is 0. The van der Waals surface area contributed by atoms with Crippen molar-refractivity contribution in [2.45, 2.75) is 39.2 Å². The Bertz CT molecular complexity index is 363. The largest absolute Gasteiger partial charge is 0.390 e. The number of hydrogen-bond donors (Lipinski definition) is 1. The molecule has 0 radical (unpaired) electrons. The summed E-state index contributed by atoms with van der Waals surface area (Å²) in [4.78, 5) is 0. The van der Waals surface area contributed by atoms with Crippen molar-refractivity contribution in [2.75, 3.05) is 0 Å². The van der Waals surface area contributed by atoms with E-state index in [0.29, 0.717) is 6.42 Å². The molecule has 0 spiro atoms. The van der Waals surface area contributed by atoms with Crippen molar-refractivity contribution in [2.24, 2.45) is 5.92 Å². The first-order valence-corrected chi connectivity index (χ1v) is 5.91. The first-order valence-electron chi connectivity index (χ1n) is 5.53. The first-order chi connectivity index (χ1) is 7.36. The summed E-state index contributed by atoms with van der Waals surface area (Å²) in [5, 5.41) is 10.4. The zero-order chi connectivity index (χ0) is 12.3. The van der Waals surface area contributed by atoms with Crippen molar-refractivity contribution in [3.63, 3.8) is 0 Å². The van der Waals surface area contributed by atoms with Gasteiger partial charge in [0.25, 0.3) is 0 Å². The normalized spacial score (nSPS) is 16.9. The van der Waals surface area contributed by atoms with Crippen molar-refractivity contribution in [3.05, 3.63) is 34.6 Å². The Balaban J connectivity index is 2.84. The zero-order valence-corrected chi connectivity index (χ0v) is 10.7. The summed E-state index contributed by atoms with van der Waals surface area (Å²) in [6.07, 6.45) is 1.39. The smallest absolute Gasteiger partial charge is 0.141 e. The van der Waals surface area contributed by atoms with Gasteiger partial charge in [0.2, 0.25) is 0 Å². The van der Waals surface area contributed by atoms with Gasteiger partial charge in [0, 0.05) is 6.42 Å². The molecular formula is C13H18ClFO. The Kier molecular flexibility index (Phi) is 4.34. The van der Waals surface area contributed by atoms with E-state index in [1.165, 1.54) is 6.07 Å². The number of hydrogen-bond acceptors (Lipinski definition) is 1. The van der Waals surface area contributed by atoms with Gasteiger partial charge in [-0.2, -0.15) is 0 Å². The van der Waals surface area contributed by atoms with Crippen molar-refractivity contribution in [1.29, 1.82) is 0 Å². The average Bonchev–Trinajstić information content (AvgIpc) is 2.22. The minimum Gasteiger partial charge on any atom is -0.390 e. The maximum atomic E-state index is 13.0. The summed E-state index contributed by atoms with van der Waals surface area (Å²) < 4.78 is 13.0. The van der Waals surface area contributed by atoms with Crippen molar-refractivity contribution < 1.29 is 9.50 Å². The summed E-state index contributed by atoms with van der Waals surface area (Å²) in [6.45, 7) is 5.85. The molecule has 1 nitrogen and oxygen atoms in total. The molecule has 0 aromatic heterocycles. The summed E-state index contributed by atoms with van der Waals surface area (Å²) in [5.41, 5.74) is 0.0762. The number of rotatable bonds is 4. The van der Waals surface area contributed by atoms with Gasteiger partial charge in [0.1, 0.15) is 5.82 Å². The number of halogens is 2. The molecule has 1 N–H and O–H groups in total. The summed E-state index contributed by atoms with van der Waals surface area (Å²) in [5.74, 6) is -0.232. The second kappa shape index (κ2) is 5.15. The van der Waals surface area contributed by atoms with Gasteiger partial charge in [0.05, 0.1) is 10.6 Å². The van der Waals surface area contributed by atoms with Gasteiger partial charge in [-0.1, -0.05) is 37.9 Å². The Morgan fingerprint density at radius 3 is 2.62 bits per heavy atom. The van der Waals surface area contributed by atoms with Crippen LogP contribution in [0.4, 0.5) is 4.39 Å². The molecule has 0 aliphatic heterocycles. The molecule has 90 valence electrons. The van der Waals surface area contributed by atoms with Crippen LogP contribution in [0.3, 0.4) is 0 Å². The molecule has 2 atom stereocenters. The molecule has 1 aromatic carbocycles. The summed E-state index contributed by atoms with van der Waals surface area (Å²) in [6, 6.07) is 4.58. The molecule has 0 bridgehead atoms. The molecule has 0 saturated carbocycles. The van der Waals surface area contributed by atoms with Crippen LogP contribution in [0.5, 0.6) is 0 Å². The van der Waals surface area contributed by atoms with Gasteiger partial charge in [-0.05, 0) is 30.5 Å². The lowest BCUT2D eigenvalue weighted by molar-refractivity contribution is 0.00516. The maximum Gasteiger partial charge on any atom is 0.141 e. The molecule has 0 aliphatic rings. The van der Waals surface area contributed by atoms with E-state index in [1.807, 2.05) is 13.8 Å². The van der Waals surface area contributed by atoms with E-state index in [-0.39, 0.29) is 10.9 Å². The van der Waals surface area contributed by atoms with Crippen LogP contribution in [-0.2, 0) is 6.42 Å². The van der Waals surface area contributed by atoms with Crippen LogP contribution in [0.15, 0.2) is 18.2 Å². The van der Waals surface area contributed by atoms with E-state index in [1.54, 1.807) is 19.1 Å². The topological polar surface area (TPSA) is 20.2 Å². The van der Waals surface area contributed by atoms with E-state index in [2.05, 4.69) is 0 Å². The first kappa shape index (κ1) is 13.5. The maximum absolute atomic E-state index is 13.0. The highest BCUT2D eigenvalue weighted by Crippen LogP contribution is 2.26. The van der Waals surface area contributed by atoms with Gasteiger partial charge in [0.15, 0.2) is 0 Å². The molecule has 16 heavy (non-hydrogen) atoms. The third-order valence-electron chi connectivity index (χ3n) is 3.22. The predicted molar refractivity (Wildman–Crippen MR) is 65.2 cm³/mol. The fraction of sp³-hybridized carbons (Fsp3) is 0.538. The van der Waals surface area contributed by atoms with Crippen LogP contribution in [0, 0.1) is 11.7 Å². The quantitative estimate of drug-likeness (QED) is 0.854. The molecule has 1 rings (SSSR count). The molecule has 2 unspecified atom stereocenters. The molecule has 0 saturated heterocycles. The Hall–Kier alpha value is -0.600. The highest BCUT2D eigenvalue weighted by molar-refractivity contribution is 6.30. The molecule has 0 heterocycles. The lowest BCUT2D eigenvalue weighted by atomic mass is 9.83. The third kappa shape index (κ3) is 3.19. The average molecular weight is 245 g/mol. The van der Waals surface area contributed by atoms with Crippen LogP contribution in [0.25, 0.3) is 0 Å². The predicted octanol–water partition coefficient (Wildman–Crippen LogP) is 3.82. The van der Waals surface area contributed by atoms with Crippen LogP contribution in [0.2, 0.25) is 5.02 Å². The van der Waals surface area contributed by atoms with E-state index in [0.717, 1.165) is 12.0 Å². The van der Waals surface area contributed by atoms with Gasteiger partial charge >= 0.3 is 0 Å². The molecule has 3 heteroatoms. The van der Waals surface area contributed by atoms with Gasteiger partial charge in [-0.15, -0.1) is 0 Å². The fourth-order valence-corrected chi connectivity index (χ4v) is 1.88. The van der Waals surface area contributed by atoms with Crippen LogP contribution >= 0.6 is 11.6 Å². The minimum atomic E-state index is -0.782. The molecular weight excluding hydrogens is 227 g/mol. The lowest BCUT2D eigenvalue weighted by Gasteiger charge is -2.29. The Morgan fingerprint density at radius 1 is 1.50 bits per heavy atom. The van der Waals surface area contributed by atoms with Crippen molar-refractivity contribution in [1.82, 2.24) is 0 Å². The number of aliphatic hydroxyl groups is 1. The molecule has 0 amide bonds. The second-order valence-corrected chi connectivity index (χ2v) is 5.00. The van der Waals surface area contributed by atoms with Crippen molar-refractivity contribution in [3.8, 4) is 0 Å². The standard InChI is InChI=1S/C13H18ClFO/c1-4-9(2)13(3,16)8-10-5-6-12(15)11(14)7-10/h5-7,9,16H,4,8H2,1-3H3. The van der Waals surface area contributed by atoms with E-state index in [4.69, 9.17) is 11.6 Å². The SMILES string of the molecule is CCC(C)C(C)(O)Cc1ccc(F)c(Cl)c1. The van der Waals surface area contributed by atoms with E-state index >= 15 is 0 Å². The van der Waals surface area contributed by atoms with Crippen LogP contribution in [-0.4, -0.2) is 10.7 Å². The van der Waals surface area contributed by atoms with E-state index < -0.39 is 11.4 Å². The highest BCUT2D eigenvalue weighted by Gasteiger charge is 2.27. The fourth-order valence-electron chi connectivity index (χ4n) is 1.68. The lowest BCUT2D eigenvalue weighted by Crippen LogP contribution is -2.34.